The Morgan fingerprint density at radius 2 is 2.38 bits per heavy atom. The predicted molar refractivity (Wildman–Crippen MR) is 67.5 cm³/mol. The van der Waals surface area contributed by atoms with Crippen molar-refractivity contribution in [1.82, 2.24) is 0 Å². The molecule has 0 saturated carbocycles. The fourth-order valence-corrected chi connectivity index (χ4v) is 2.57. The Balaban J connectivity index is 2.32. The summed E-state index contributed by atoms with van der Waals surface area (Å²) in [7, 11) is 1.99. The molecule has 1 aliphatic heterocycles. The highest BCUT2D eigenvalue weighted by atomic mass is 79.9. The van der Waals surface area contributed by atoms with Crippen LogP contribution in [0.25, 0.3) is 0 Å². The topological polar surface area (TPSA) is 46.5 Å². The van der Waals surface area contributed by atoms with E-state index < -0.39 is 5.97 Å². The van der Waals surface area contributed by atoms with Gasteiger partial charge in [-0.2, -0.15) is 0 Å². The lowest BCUT2D eigenvalue weighted by atomic mass is 9.86. The summed E-state index contributed by atoms with van der Waals surface area (Å²) in [6, 6.07) is 2.07. The molecule has 1 aliphatic rings. The quantitative estimate of drug-likeness (QED) is 0.829. The largest absolute Gasteiger partial charge is 0.492 e. The highest BCUT2D eigenvalue weighted by Gasteiger charge is 2.19. The van der Waals surface area contributed by atoms with Gasteiger partial charge in [0.15, 0.2) is 0 Å². The number of carboxylic acids is 1. The Bertz CT molecular complexity index is 445. The molecule has 1 aromatic rings. The average Bonchev–Trinajstić information content (AvgIpc) is 2.69. The van der Waals surface area contributed by atoms with E-state index in [0.29, 0.717) is 6.42 Å². The van der Waals surface area contributed by atoms with Gasteiger partial charge in [0.05, 0.1) is 11.1 Å². The highest BCUT2D eigenvalue weighted by Crippen LogP contribution is 2.33. The van der Waals surface area contributed by atoms with E-state index in [1.54, 1.807) is 0 Å². The van der Waals surface area contributed by atoms with E-state index in [9.17, 15) is 4.79 Å². The maximum atomic E-state index is 10.6. The van der Waals surface area contributed by atoms with E-state index >= 15 is 0 Å². The molecule has 0 radical (unpaired) electrons. The number of ether oxygens (including phenoxy) is 1. The fraction of sp³-hybridized carbons (Fsp3) is 0.364. The molecule has 5 heteroatoms. The number of halogens is 1. The molecular formula is C11H12BBrO3. The van der Waals surface area contributed by atoms with Crippen LogP contribution in [0.15, 0.2) is 10.5 Å². The van der Waals surface area contributed by atoms with Crippen LogP contribution in [0.3, 0.4) is 0 Å². The first kappa shape index (κ1) is 11.5. The smallest absolute Gasteiger partial charge is 0.303 e. The van der Waals surface area contributed by atoms with Gasteiger partial charge in [0, 0.05) is 12.8 Å². The molecule has 1 aromatic carbocycles. The number of carbonyl (C=O) groups is 1. The fourth-order valence-electron chi connectivity index (χ4n) is 1.94. The molecule has 2 rings (SSSR count). The van der Waals surface area contributed by atoms with Gasteiger partial charge in [-0.1, -0.05) is 17.1 Å². The summed E-state index contributed by atoms with van der Waals surface area (Å²) in [5, 5.41) is 8.69. The Morgan fingerprint density at radius 3 is 3.06 bits per heavy atom. The van der Waals surface area contributed by atoms with Gasteiger partial charge in [-0.3, -0.25) is 4.79 Å². The molecule has 0 aromatic heterocycles. The third-order valence-corrected chi connectivity index (χ3v) is 3.83. The minimum Gasteiger partial charge on any atom is -0.492 e. The van der Waals surface area contributed by atoms with Crippen molar-refractivity contribution < 1.29 is 14.6 Å². The second-order valence-electron chi connectivity index (χ2n) is 3.96. The van der Waals surface area contributed by atoms with E-state index in [4.69, 9.17) is 9.84 Å². The lowest BCUT2D eigenvalue weighted by Gasteiger charge is -2.11. The molecular weight excluding hydrogens is 271 g/mol. The normalized spacial score (nSPS) is 13.3. The molecule has 0 fully saturated rings. The van der Waals surface area contributed by atoms with Crippen LogP contribution in [0, 0.1) is 0 Å². The average molecular weight is 283 g/mol. The zero-order chi connectivity index (χ0) is 11.7. The van der Waals surface area contributed by atoms with Crippen molar-refractivity contribution in [3.63, 3.8) is 0 Å². The zero-order valence-corrected chi connectivity index (χ0v) is 10.6. The first-order valence-corrected chi connectivity index (χ1v) is 6.04. The molecule has 0 atom stereocenters. The van der Waals surface area contributed by atoms with Gasteiger partial charge in [0.2, 0.25) is 0 Å². The molecule has 0 saturated heterocycles. The molecule has 84 valence electrons. The summed E-state index contributed by atoms with van der Waals surface area (Å²) < 4.78 is 6.50. The monoisotopic (exact) mass is 282 g/mol. The van der Waals surface area contributed by atoms with Crippen LogP contribution in [-0.4, -0.2) is 25.5 Å². The predicted octanol–water partition coefficient (Wildman–Crippen LogP) is 0.660. The van der Waals surface area contributed by atoms with Crippen molar-refractivity contribution >= 4 is 35.2 Å². The third-order valence-electron chi connectivity index (χ3n) is 2.88. The second-order valence-corrected chi connectivity index (χ2v) is 4.75. The number of hydrogen-bond acceptors (Lipinski definition) is 2. The summed E-state index contributed by atoms with van der Waals surface area (Å²) in [4.78, 5) is 10.6. The van der Waals surface area contributed by atoms with Crippen LogP contribution in [0.5, 0.6) is 5.75 Å². The summed E-state index contributed by atoms with van der Waals surface area (Å²) in [6.07, 6.45) is 1.66. The zero-order valence-electron chi connectivity index (χ0n) is 9.05. The van der Waals surface area contributed by atoms with E-state index in [1.807, 2.05) is 7.85 Å². The Labute approximate surface area is 103 Å². The molecule has 0 amide bonds. The number of fused-ring (bicyclic) bond motifs is 1. The van der Waals surface area contributed by atoms with Gasteiger partial charge in [0.25, 0.3) is 0 Å². The van der Waals surface area contributed by atoms with Gasteiger partial charge in [-0.25, -0.2) is 0 Å². The molecule has 3 nitrogen and oxygen atoms in total. The SMILES string of the molecule is Bc1c(CCC(=O)O)cc2c(c1Br)OCC2. The van der Waals surface area contributed by atoms with Crippen molar-refractivity contribution in [3.8, 4) is 5.75 Å². The summed E-state index contributed by atoms with van der Waals surface area (Å²) in [5.41, 5.74) is 3.36. The number of hydrogen-bond donors (Lipinski definition) is 1. The van der Waals surface area contributed by atoms with Crippen LogP contribution in [0.1, 0.15) is 17.5 Å². The Morgan fingerprint density at radius 1 is 1.62 bits per heavy atom. The molecule has 16 heavy (non-hydrogen) atoms. The van der Waals surface area contributed by atoms with Crippen LogP contribution < -0.4 is 10.2 Å². The van der Waals surface area contributed by atoms with E-state index in [2.05, 4.69) is 22.0 Å². The maximum Gasteiger partial charge on any atom is 0.303 e. The molecule has 0 bridgehead atoms. The molecule has 1 heterocycles. The molecule has 0 spiro atoms. The van der Waals surface area contributed by atoms with Crippen LogP contribution in [0.2, 0.25) is 0 Å². The van der Waals surface area contributed by atoms with Crippen LogP contribution >= 0.6 is 15.9 Å². The van der Waals surface area contributed by atoms with Crippen molar-refractivity contribution in [2.24, 2.45) is 0 Å². The van der Waals surface area contributed by atoms with Gasteiger partial charge >= 0.3 is 5.97 Å². The van der Waals surface area contributed by atoms with E-state index in [1.165, 1.54) is 5.56 Å². The lowest BCUT2D eigenvalue weighted by molar-refractivity contribution is -0.136. The van der Waals surface area contributed by atoms with Gasteiger partial charge < -0.3 is 9.84 Å². The first-order chi connectivity index (χ1) is 7.59. The standard InChI is InChI=1S/C11H12BBrO3/c12-9-6(1-2-8(14)15)5-7-3-4-16-11(7)10(9)13/h5H,1-4,12H2,(H,14,15). The lowest BCUT2D eigenvalue weighted by Crippen LogP contribution is -2.14. The van der Waals surface area contributed by atoms with Gasteiger partial charge in [-0.05, 0) is 27.9 Å². The highest BCUT2D eigenvalue weighted by molar-refractivity contribution is 9.10. The Kier molecular flexibility index (Phi) is 3.24. The van der Waals surface area contributed by atoms with E-state index in [0.717, 1.165) is 34.3 Å². The van der Waals surface area contributed by atoms with Gasteiger partial charge in [0.1, 0.15) is 13.6 Å². The number of aryl methyl sites for hydroxylation is 1. The van der Waals surface area contributed by atoms with Crippen molar-refractivity contribution in [2.75, 3.05) is 6.61 Å². The summed E-state index contributed by atoms with van der Waals surface area (Å²) in [6.45, 7) is 0.718. The number of rotatable bonds is 3. The number of aliphatic carboxylic acids is 1. The molecule has 0 aliphatic carbocycles. The first-order valence-electron chi connectivity index (χ1n) is 5.25. The van der Waals surface area contributed by atoms with Gasteiger partial charge in [-0.15, -0.1) is 0 Å². The molecule has 0 unspecified atom stereocenters. The Hall–Kier alpha value is -0.965. The van der Waals surface area contributed by atoms with Crippen LogP contribution in [-0.2, 0) is 17.6 Å². The van der Waals surface area contributed by atoms with E-state index in [-0.39, 0.29) is 6.42 Å². The minimum absolute atomic E-state index is 0.174. The van der Waals surface area contributed by atoms with Crippen molar-refractivity contribution in [3.05, 3.63) is 21.7 Å². The van der Waals surface area contributed by atoms with Crippen molar-refractivity contribution in [1.29, 1.82) is 0 Å². The summed E-state index contributed by atoms with van der Waals surface area (Å²) in [5.74, 6) is 0.170. The number of benzene rings is 1. The summed E-state index contributed by atoms with van der Waals surface area (Å²) >= 11 is 3.52. The van der Waals surface area contributed by atoms with Crippen molar-refractivity contribution in [2.45, 2.75) is 19.3 Å². The maximum absolute atomic E-state index is 10.6. The third kappa shape index (κ3) is 2.09. The minimum atomic E-state index is -0.757. The van der Waals surface area contributed by atoms with Crippen LogP contribution in [0.4, 0.5) is 0 Å². The number of carboxylic acid groups (broad SMARTS) is 1. The second kappa shape index (κ2) is 4.49. The molecule has 1 N–H and O–H groups in total.